The SMILES string of the molecule is Cc1csc(C(=O)NC(CC(=O)O)C(=O)O)c1Cl. The van der Waals surface area contributed by atoms with E-state index >= 15 is 0 Å². The van der Waals surface area contributed by atoms with Crippen LogP contribution >= 0.6 is 22.9 Å². The number of thiophene rings is 1. The van der Waals surface area contributed by atoms with E-state index in [1.807, 2.05) is 0 Å². The average Bonchev–Trinajstić information content (AvgIpc) is 2.58. The van der Waals surface area contributed by atoms with Crippen molar-refractivity contribution in [3.63, 3.8) is 0 Å². The molecule has 1 amide bonds. The highest BCUT2D eigenvalue weighted by molar-refractivity contribution is 7.13. The van der Waals surface area contributed by atoms with Crippen molar-refractivity contribution in [3.05, 3.63) is 20.8 Å². The zero-order valence-corrected chi connectivity index (χ0v) is 10.8. The molecule has 0 bridgehead atoms. The number of aliphatic carboxylic acids is 2. The normalized spacial score (nSPS) is 11.9. The topological polar surface area (TPSA) is 104 Å². The molecule has 1 aromatic heterocycles. The predicted molar refractivity (Wildman–Crippen MR) is 65.2 cm³/mol. The largest absolute Gasteiger partial charge is 0.481 e. The number of nitrogens with one attached hydrogen (secondary N) is 1. The van der Waals surface area contributed by atoms with E-state index in [2.05, 4.69) is 5.32 Å². The third-order valence-corrected chi connectivity index (χ3v) is 3.78. The van der Waals surface area contributed by atoms with Gasteiger partial charge in [-0.3, -0.25) is 9.59 Å². The Morgan fingerprint density at radius 3 is 2.44 bits per heavy atom. The highest BCUT2D eigenvalue weighted by Gasteiger charge is 2.25. The number of halogens is 1. The first-order valence-corrected chi connectivity index (χ1v) is 6.07. The summed E-state index contributed by atoms with van der Waals surface area (Å²) in [4.78, 5) is 33.2. The summed E-state index contributed by atoms with van der Waals surface area (Å²) in [6, 6.07) is -1.48. The molecule has 6 nitrogen and oxygen atoms in total. The van der Waals surface area contributed by atoms with Crippen LogP contribution in [0.15, 0.2) is 5.38 Å². The van der Waals surface area contributed by atoms with Crippen LogP contribution in [0.2, 0.25) is 5.02 Å². The number of amides is 1. The van der Waals surface area contributed by atoms with Crippen molar-refractivity contribution >= 4 is 40.8 Å². The van der Waals surface area contributed by atoms with Crippen LogP contribution in [0.25, 0.3) is 0 Å². The van der Waals surface area contributed by atoms with Gasteiger partial charge in [0, 0.05) is 0 Å². The van der Waals surface area contributed by atoms with Gasteiger partial charge in [0.05, 0.1) is 11.4 Å². The molecule has 1 atom stereocenters. The Labute approximate surface area is 111 Å². The molecule has 1 heterocycles. The second-order valence-corrected chi connectivity index (χ2v) is 4.78. The number of hydrogen-bond donors (Lipinski definition) is 3. The molecular weight excluding hydrogens is 282 g/mol. The zero-order chi connectivity index (χ0) is 13.9. The lowest BCUT2D eigenvalue weighted by atomic mass is 10.2. The lowest BCUT2D eigenvalue weighted by molar-refractivity contribution is -0.145. The highest BCUT2D eigenvalue weighted by atomic mass is 35.5. The van der Waals surface area contributed by atoms with Crippen molar-refractivity contribution < 1.29 is 24.6 Å². The van der Waals surface area contributed by atoms with Crippen LogP contribution in [0.4, 0.5) is 0 Å². The third-order valence-electron chi connectivity index (χ3n) is 2.09. The van der Waals surface area contributed by atoms with E-state index in [4.69, 9.17) is 21.8 Å². The molecule has 18 heavy (non-hydrogen) atoms. The fraction of sp³-hybridized carbons (Fsp3) is 0.300. The van der Waals surface area contributed by atoms with Crippen LogP contribution in [0, 0.1) is 6.92 Å². The fourth-order valence-corrected chi connectivity index (χ4v) is 2.36. The second-order valence-electron chi connectivity index (χ2n) is 3.52. The van der Waals surface area contributed by atoms with Crippen LogP contribution in [0.5, 0.6) is 0 Å². The molecule has 1 aromatic rings. The van der Waals surface area contributed by atoms with Crippen molar-refractivity contribution in [2.24, 2.45) is 0 Å². The zero-order valence-electron chi connectivity index (χ0n) is 9.27. The number of carboxylic acid groups (broad SMARTS) is 2. The Hall–Kier alpha value is -1.60. The first-order chi connectivity index (χ1) is 8.32. The van der Waals surface area contributed by atoms with Crippen molar-refractivity contribution in [3.8, 4) is 0 Å². The van der Waals surface area contributed by atoms with Gasteiger partial charge in [0.2, 0.25) is 0 Å². The maximum absolute atomic E-state index is 11.7. The van der Waals surface area contributed by atoms with Crippen LogP contribution in [0.3, 0.4) is 0 Å². The summed E-state index contributed by atoms with van der Waals surface area (Å²) >= 11 is 6.93. The van der Waals surface area contributed by atoms with Gasteiger partial charge < -0.3 is 15.5 Å². The predicted octanol–water partition coefficient (Wildman–Crippen LogP) is 1.37. The molecule has 0 saturated carbocycles. The summed E-state index contributed by atoms with van der Waals surface area (Å²) in [6.45, 7) is 1.71. The standard InChI is InChI=1S/C10H10ClNO5S/c1-4-3-18-8(7(4)11)9(15)12-5(10(16)17)2-6(13)14/h3,5H,2H2,1H3,(H,12,15)(H,13,14)(H,16,17). The van der Waals surface area contributed by atoms with E-state index in [0.717, 1.165) is 11.3 Å². The minimum absolute atomic E-state index is 0.172. The van der Waals surface area contributed by atoms with Gasteiger partial charge in [0.25, 0.3) is 5.91 Å². The van der Waals surface area contributed by atoms with Crippen LogP contribution < -0.4 is 5.32 Å². The maximum atomic E-state index is 11.7. The molecule has 0 aliphatic heterocycles. The Kier molecular flexibility index (Phi) is 4.69. The Balaban J connectivity index is 2.82. The van der Waals surface area contributed by atoms with Gasteiger partial charge in [0.15, 0.2) is 0 Å². The summed E-state index contributed by atoms with van der Waals surface area (Å²) in [5, 5.41) is 21.4. The van der Waals surface area contributed by atoms with Crippen LogP contribution in [0.1, 0.15) is 21.7 Å². The average molecular weight is 292 g/mol. The number of hydrogen-bond acceptors (Lipinski definition) is 4. The maximum Gasteiger partial charge on any atom is 0.326 e. The molecule has 1 unspecified atom stereocenters. The lowest BCUT2D eigenvalue weighted by Crippen LogP contribution is -2.42. The third kappa shape index (κ3) is 3.44. The molecular formula is C10H10ClNO5S. The smallest absolute Gasteiger partial charge is 0.326 e. The Bertz CT molecular complexity index is 498. The minimum Gasteiger partial charge on any atom is -0.481 e. The number of carbonyl (C=O) groups is 3. The number of rotatable bonds is 5. The molecule has 0 radical (unpaired) electrons. The Morgan fingerprint density at radius 2 is 2.06 bits per heavy atom. The molecule has 1 rings (SSSR count). The fourth-order valence-electron chi connectivity index (χ4n) is 1.18. The molecule has 0 aromatic carbocycles. The summed E-state index contributed by atoms with van der Waals surface area (Å²) in [5.41, 5.74) is 0.705. The van der Waals surface area contributed by atoms with Crippen molar-refractivity contribution in [1.29, 1.82) is 0 Å². The first-order valence-electron chi connectivity index (χ1n) is 4.82. The summed E-state index contributed by atoms with van der Waals surface area (Å²) in [6.07, 6.45) is -0.691. The molecule has 3 N–H and O–H groups in total. The van der Waals surface area contributed by atoms with Gasteiger partial charge in [-0.15, -0.1) is 11.3 Å². The van der Waals surface area contributed by atoms with Crippen molar-refractivity contribution in [1.82, 2.24) is 5.32 Å². The molecule has 8 heteroatoms. The lowest BCUT2D eigenvalue weighted by Gasteiger charge is -2.11. The van der Waals surface area contributed by atoms with E-state index in [1.165, 1.54) is 0 Å². The molecule has 0 aliphatic rings. The summed E-state index contributed by atoms with van der Waals surface area (Å²) in [7, 11) is 0. The Morgan fingerprint density at radius 1 is 1.44 bits per heavy atom. The summed E-state index contributed by atoms with van der Waals surface area (Å²) < 4.78 is 0. The van der Waals surface area contributed by atoms with Gasteiger partial charge in [0.1, 0.15) is 10.9 Å². The van der Waals surface area contributed by atoms with Gasteiger partial charge in [-0.1, -0.05) is 11.6 Å². The van der Waals surface area contributed by atoms with E-state index in [-0.39, 0.29) is 9.90 Å². The van der Waals surface area contributed by atoms with Gasteiger partial charge in [-0.25, -0.2) is 4.79 Å². The number of carbonyl (C=O) groups excluding carboxylic acids is 1. The quantitative estimate of drug-likeness (QED) is 0.760. The van der Waals surface area contributed by atoms with Crippen LogP contribution in [-0.2, 0) is 9.59 Å². The van der Waals surface area contributed by atoms with E-state index < -0.39 is 30.3 Å². The van der Waals surface area contributed by atoms with E-state index in [1.54, 1.807) is 12.3 Å². The van der Waals surface area contributed by atoms with E-state index in [0.29, 0.717) is 5.56 Å². The number of carboxylic acids is 2. The van der Waals surface area contributed by atoms with Gasteiger partial charge >= 0.3 is 11.9 Å². The summed E-state index contributed by atoms with van der Waals surface area (Å²) in [5.74, 6) is -3.40. The highest BCUT2D eigenvalue weighted by Crippen LogP contribution is 2.26. The van der Waals surface area contributed by atoms with Gasteiger partial charge in [-0.05, 0) is 17.9 Å². The number of aryl methyl sites for hydroxylation is 1. The van der Waals surface area contributed by atoms with Crippen molar-refractivity contribution in [2.45, 2.75) is 19.4 Å². The minimum atomic E-state index is -1.48. The van der Waals surface area contributed by atoms with Crippen LogP contribution in [-0.4, -0.2) is 34.1 Å². The second kappa shape index (κ2) is 5.83. The molecule has 98 valence electrons. The van der Waals surface area contributed by atoms with Crippen molar-refractivity contribution in [2.75, 3.05) is 0 Å². The molecule has 0 spiro atoms. The monoisotopic (exact) mass is 291 g/mol. The molecule has 0 saturated heterocycles. The molecule has 0 fully saturated rings. The molecule has 0 aliphatic carbocycles. The van der Waals surface area contributed by atoms with Gasteiger partial charge in [-0.2, -0.15) is 0 Å². The van der Waals surface area contributed by atoms with E-state index in [9.17, 15) is 14.4 Å². The first kappa shape index (κ1) is 14.5.